The third kappa shape index (κ3) is 4.46. The van der Waals surface area contributed by atoms with Gasteiger partial charge in [-0.3, -0.25) is 4.55 Å². The highest BCUT2D eigenvalue weighted by molar-refractivity contribution is 7.87. The van der Waals surface area contributed by atoms with Crippen LogP contribution < -0.4 is 0 Å². The van der Waals surface area contributed by atoms with Crippen LogP contribution >= 0.6 is 0 Å². The summed E-state index contributed by atoms with van der Waals surface area (Å²) in [5, 5.41) is -7.84. The summed E-state index contributed by atoms with van der Waals surface area (Å²) in [6.45, 7) is 0. The molecule has 0 spiro atoms. The highest BCUT2D eigenvalue weighted by Gasteiger charge is 2.96. The average molecular weight is 568 g/mol. The predicted molar refractivity (Wildman–Crippen MR) is 70.8 cm³/mol. The summed E-state index contributed by atoms with van der Waals surface area (Å²) in [5.74, 6) is -52.0. The Bertz CT molecular complexity index is 906. The van der Waals surface area contributed by atoms with Gasteiger partial charge in [0.1, 0.15) is 0 Å². The third-order valence-corrected chi connectivity index (χ3v) is 4.33. The zero-order chi connectivity index (χ0) is 28.0. The Hall–Kier alpha value is -2.07. The molecule has 1 rings (SSSR count). The molecule has 5 nitrogen and oxygen atoms in total. The van der Waals surface area contributed by atoms with E-state index < -0.39 is 57.1 Å². The first-order valence-electron chi connectivity index (χ1n) is 7.11. The zero-order valence-electron chi connectivity index (χ0n) is 14.8. The van der Waals surface area contributed by atoms with Crippen molar-refractivity contribution in [3.63, 3.8) is 0 Å². The lowest BCUT2D eigenvalue weighted by molar-refractivity contribution is -0.458. The van der Waals surface area contributed by atoms with E-state index in [1.165, 1.54) is 0 Å². The summed E-state index contributed by atoms with van der Waals surface area (Å²) in [6, 6.07) is 0. The highest BCUT2D eigenvalue weighted by Crippen LogP contribution is 2.64. The van der Waals surface area contributed by atoms with Gasteiger partial charge in [0.15, 0.2) is 0 Å². The molecule has 1 aromatic rings. The first kappa shape index (κ1) is 31.9. The van der Waals surface area contributed by atoms with Crippen molar-refractivity contribution in [1.29, 1.82) is 0 Å². The van der Waals surface area contributed by atoms with E-state index in [0.29, 0.717) is 0 Å². The van der Waals surface area contributed by atoms with E-state index in [2.05, 4.69) is 9.97 Å². The minimum Gasteiger partial charge on any atom is -0.351 e. The van der Waals surface area contributed by atoms with Gasteiger partial charge in [0, 0.05) is 12.4 Å². The van der Waals surface area contributed by atoms with Crippen molar-refractivity contribution in [3.05, 3.63) is 18.7 Å². The molecule has 34 heavy (non-hydrogen) atoms. The van der Waals surface area contributed by atoms with Crippen LogP contribution in [0.25, 0.3) is 0 Å². The van der Waals surface area contributed by atoms with Crippen LogP contribution in [0.2, 0.25) is 0 Å². The normalized spacial score (nSPS) is 15.6. The van der Waals surface area contributed by atoms with E-state index >= 15 is 0 Å². The Balaban J connectivity index is 0.00000190. The van der Waals surface area contributed by atoms with Crippen LogP contribution in [0.4, 0.5) is 74.6 Å². The van der Waals surface area contributed by atoms with Crippen molar-refractivity contribution in [2.45, 2.75) is 47.0 Å². The maximum atomic E-state index is 13.0. The Morgan fingerprint density at radius 1 is 0.588 bits per heavy atom. The molecular weight excluding hydrogens is 563 g/mol. The quantitative estimate of drug-likeness (QED) is 0.348. The molecule has 0 fully saturated rings. The van der Waals surface area contributed by atoms with Crippen molar-refractivity contribution in [2.24, 2.45) is 0 Å². The molecule has 0 aromatic carbocycles. The van der Waals surface area contributed by atoms with Crippen LogP contribution in [0.5, 0.6) is 0 Å². The van der Waals surface area contributed by atoms with Gasteiger partial charge < -0.3 is 4.98 Å². The lowest BCUT2D eigenvalue weighted by Crippen LogP contribution is -2.74. The fourth-order valence-electron chi connectivity index (χ4n) is 1.53. The van der Waals surface area contributed by atoms with Gasteiger partial charge >= 0.3 is 57.1 Å². The predicted octanol–water partition coefficient (Wildman–Crippen LogP) is 5.25. The number of alkyl halides is 17. The van der Waals surface area contributed by atoms with Crippen LogP contribution in [0, 0.1) is 0 Å². The molecule has 23 heteroatoms. The molecule has 202 valence electrons. The number of H-pyrrole nitrogens is 1. The van der Waals surface area contributed by atoms with Gasteiger partial charge in [-0.25, -0.2) is 4.98 Å². The van der Waals surface area contributed by atoms with Crippen LogP contribution in [0.15, 0.2) is 18.7 Å². The second-order valence-corrected chi connectivity index (χ2v) is 7.16. The van der Waals surface area contributed by atoms with E-state index in [0.717, 1.165) is 0 Å². The van der Waals surface area contributed by atoms with E-state index in [9.17, 15) is 83.1 Å². The monoisotopic (exact) mass is 568 g/mol. The lowest BCUT2D eigenvalue weighted by Gasteiger charge is -2.42. The van der Waals surface area contributed by atoms with Crippen molar-refractivity contribution < 1.29 is 87.6 Å². The first-order valence-corrected chi connectivity index (χ1v) is 8.55. The molecule has 0 saturated heterocycles. The molecule has 0 atom stereocenters. The number of nitrogens with one attached hydrogen (secondary N) is 1. The standard InChI is InChI=1S/C8HF17O3S.C3H4N2/c9-1(10,3(13,14)5(17,18)7(21,22)23)2(11,12)4(15,16)6(19,20)8(24,25)29(26,27)28;1-2-5-3-4-1/h(H,26,27,28);1-3H,(H,4,5). The molecule has 0 aliphatic carbocycles. The van der Waals surface area contributed by atoms with Gasteiger partial charge in [0.05, 0.1) is 6.33 Å². The summed E-state index contributed by atoms with van der Waals surface area (Å²) in [5.41, 5.74) is 0. The molecule has 0 radical (unpaired) electrons. The van der Waals surface area contributed by atoms with E-state index in [4.69, 9.17) is 4.55 Å². The third-order valence-electron chi connectivity index (χ3n) is 3.42. The van der Waals surface area contributed by atoms with Gasteiger partial charge in [-0.1, -0.05) is 0 Å². The lowest BCUT2D eigenvalue weighted by atomic mass is 9.91. The topological polar surface area (TPSA) is 83.0 Å². The van der Waals surface area contributed by atoms with Crippen molar-refractivity contribution in [1.82, 2.24) is 9.97 Å². The van der Waals surface area contributed by atoms with Crippen molar-refractivity contribution in [3.8, 4) is 0 Å². The smallest absolute Gasteiger partial charge is 0.351 e. The molecular formula is C11H5F17N2O3S. The minimum atomic E-state index is -8.89. The summed E-state index contributed by atoms with van der Waals surface area (Å²) in [6.07, 6.45) is -2.80. The van der Waals surface area contributed by atoms with Gasteiger partial charge in [-0.2, -0.15) is 83.1 Å². The number of aromatic amines is 1. The van der Waals surface area contributed by atoms with Crippen LogP contribution in [0.1, 0.15) is 0 Å². The van der Waals surface area contributed by atoms with Gasteiger partial charge in [-0.15, -0.1) is 0 Å². The summed E-state index contributed by atoms with van der Waals surface area (Å²) < 4.78 is 242. The Morgan fingerprint density at radius 2 is 0.912 bits per heavy atom. The highest BCUT2D eigenvalue weighted by atomic mass is 32.2. The molecule has 0 saturated carbocycles. The second-order valence-electron chi connectivity index (χ2n) is 5.70. The number of hydrogen-bond donors (Lipinski definition) is 2. The maximum absolute atomic E-state index is 13.0. The Labute approximate surface area is 174 Å². The summed E-state index contributed by atoms with van der Waals surface area (Å²) >= 11 is 0. The first-order chi connectivity index (χ1) is 14.5. The molecule has 0 aliphatic heterocycles. The number of imidazole rings is 1. The molecule has 1 aromatic heterocycles. The molecule has 0 amide bonds. The SMILES string of the molecule is O=S(=O)(O)C(F)(F)C(F)(F)C(F)(F)C(F)(F)C(F)(F)C(F)(F)C(F)(F)C(F)(F)F.c1c[nH]cn1. The van der Waals surface area contributed by atoms with Crippen LogP contribution in [-0.2, 0) is 10.1 Å². The zero-order valence-corrected chi connectivity index (χ0v) is 15.6. The van der Waals surface area contributed by atoms with Crippen molar-refractivity contribution >= 4 is 10.1 Å². The van der Waals surface area contributed by atoms with Crippen LogP contribution in [-0.4, -0.2) is 69.9 Å². The number of rotatable bonds is 7. The van der Waals surface area contributed by atoms with Crippen molar-refractivity contribution in [2.75, 3.05) is 0 Å². The Kier molecular flexibility index (Phi) is 8.03. The maximum Gasteiger partial charge on any atom is 0.460 e. The van der Waals surface area contributed by atoms with Gasteiger partial charge in [0.25, 0.3) is 0 Å². The molecule has 0 unspecified atom stereocenters. The minimum absolute atomic E-state index is 1.62. The molecule has 0 bridgehead atoms. The van der Waals surface area contributed by atoms with Crippen LogP contribution in [0.3, 0.4) is 0 Å². The number of nitrogens with zero attached hydrogens (tertiary/aromatic N) is 1. The largest absolute Gasteiger partial charge is 0.460 e. The van der Waals surface area contributed by atoms with Gasteiger partial charge in [0.2, 0.25) is 0 Å². The number of hydrogen-bond acceptors (Lipinski definition) is 3. The molecule has 2 N–H and O–H groups in total. The van der Waals surface area contributed by atoms with E-state index in [1.54, 1.807) is 18.7 Å². The second kappa shape index (κ2) is 8.55. The Morgan fingerprint density at radius 3 is 1.12 bits per heavy atom. The number of aromatic nitrogens is 2. The van der Waals surface area contributed by atoms with E-state index in [-0.39, 0.29) is 0 Å². The molecule has 1 heterocycles. The summed E-state index contributed by atoms with van der Waals surface area (Å²) in [7, 11) is -7.89. The molecule has 0 aliphatic rings. The fourth-order valence-corrected chi connectivity index (χ4v) is 1.98. The average Bonchev–Trinajstić information content (AvgIpc) is 3.18. The number of halogens is 17. The van der Waals surface area contributed by atoms with Gasteiger partial charge in [-0.05, 0) is 0 Å². The summed E-state index contributed by atoms with van der Waals surface area (Å²) in [4.78, 5) is 6.42. The van der Waals surface area contributed by atoms with E-state index in [1.807, 2.05) is 0 Å². The fraction of sp³-hybridized carbons (Fsp3) is 0.727.